The van der Waals surface area contributed by atoms with Crippen molar-refractivity contribution in [2.45, 2.75) is 6.92 Å². The summed E-state index contributed by atoms with van der Waals surface area (Å²) in [6, 6.07) is 14.9. The van der Waals surface area contributed by atoms with E-state index in [9.17, 15) is 15.4 Å². The SMILES string of the molecule is Cc1ccccc1N1CCN(c2ccc([N+](=O)[O-])cc2C#N)CC1. The standard InChI is InChI=1S/C18H18N4O2/c1-14-4-2-3-5-17(14)20-8-10-21(11-9-20)18-7-6-16(22(23)24)12-15(18)13-19/h2-7,12H,8-11H2,1H3. The molecule has 0 radical (unpaired) electrons. The number of piperazine rings is 1. The summed E-state index contributed by atoms with van der Waals surface area (Å²) >= 11 is 0. The molecule has 0 unspecified atom stereocenters. The van der Waals surface area contributed by atoms with Gasteiger partial charge in [0.15, 0.2) is 0 Å². The molecular formula is C18H18N4O2. The highest BCUT2D eigenvalue weighted by atomic mass is 16.6. The Hall–Kier alpha value is -3.07. The topological polar surface area (TPSA) is 73.4 Å². The monoisotopic (exact) mass is 322 g/mol. The first-order valence-corrected chi connectivity index (χ1v) is 7.84. The van der Waals surface area contributed by atoms with Gasteiger partial charge in [-0.05, 0) is 24.6 Å². The van der Waals surface area contributed by atoms with Gasteiger partial charge in [0.2, 0.25) is 0 Å². The van der Waals surface area contributed by atoms with Crippen LogP contribution in [0.5, 0.6) is 0 Å². The number of nitrogens with zero attached hydrogens (tertiary/aromatic N) is 4. The van der Waals surface area contributed by atoms with Crippen molar-refractivity contribution >= 4 is 17.1 Å². The van der Waals surface area contributed by atoms with Crippen molar-refractivity contribution in [3.8, 4) is 6.07 Å². The van der Waals surface area contributed by atoms with Crippen molar-refractivity contribution in [1.82, 2.24) is 0 Å². The quantitative estimate of drug-likeness (QED) is 0.641. The van der Waals surface area contributed by atoms with Gasteiger partial charge in [-0.3, -0.25) is 10.1 Å². The van der Waals surface area contributed by atoms with Crippen molar-refractivity contribution in [1.29, 1.82) is 5.26 Å². The van der Waals surface area contributed by atoms with Crippen LogP contribution in [-0.4, -0.2) is 31.1 Å². The van der Waals surface area contributed by atoms with E-state index in [1.807, 2.05) is 12.1 Å². The number of rotatable bonds is 3. The molecule has 1 aliphatic heterocycles. The van der Waals surface area contributed by atoms with Gasteiger partial charge in [0.05, 0.1) is 16.2 Å². The van der Waals surface area contributed by atoms with Crippen LogP contribution in [0.4, 0.5) is 17.1 Å². The minimum Gasteiger partial charge on any atom is -0.368 e. The van der Waals surface area contributed by atoms with E-state index in [1.54, 1.807) is 6.07 Å². The fourth-order valence-corrected chi connectivity index (χ4v) is 3.11. The van der Waals surface area contributed by atoms with Crippen LogP contribution in [0.3, 0.4) is 0 Å². The van der Waals surface area contributed by atoms with Crippen LogP contribution < -0.4 is 9.80 Å². The first kappa shape index (κ1) is 15.8. The molecule has 24 heavy (non-hydrogen) atoms. The normalized spacial score (nSPS) is 14.3. The van der Waals surface area contributed by atoms with E-state index in [1.165, 1.54) is 23.4 Å². The van der Waals surface area contributed by atoms with Gasteiger partial charge in [-0.2, -0.15) is 5.26 Å². The van der Waals surface area contributed by atoms with Crippen molar-refractivity contribution in [3.05, 3.63) is 63.7 Å². The zero-order valence-electron chi connectivity index (χ0n) is 13.5. The lowest BCUT2D eigenvalue weighted by molar-refractivity contribution is -0.384. The smallest absolute Gasteiger partial charge is 0.270 e. The fraction of sp³-hybridized carbons (Fsp3) is 0.278. The number of nitriles is 1. The van der Waals surface area contributed by atoms with Crippen molar-refractivity contribution in [2.75, 3.05) is 36.0 Å². The first-order chi connectivity index (χ1) is 11.6. The molecule has 0 aromatic heterocycles. The second kappa shape index (κ2) is 6.59. The molecule has 0 amide bonds. The van der Waals surface area contributed by atoms with Crippen LogP contribution in [-0.2, 0) is 0 Å². The largest absolute Gasteiger partial charge is 0.368 e. The molecule has 0 saturated carbocycles. The highest BCUT2D eigenvalue weighted by Crippen LogP contribution is 2.27. The minimum atomic E-state index is -0.471. The number of nitro groups is 1. The molecule has 1 saturated heterocycles. The summed E-state index contributed by atoms with van der Waals surface area (Å²) < 4.78 is 0. The second-order valence-corrected chi connectivity index (χ2v) is 5.83. The van der Waals surface area contributed by atoms with Gasteiger partial charge in [0.1, 0.15) is 6.07 Å². The summed E-state index contributed by atoms with van der Waals surface area (Å²) in [7, 11) is 0. The van der Waals surface area contributed by atoms with E-state index in [0.717, 1.165) is 31.9 Å². The van der Waals surface area contributed by atoms with Gasteiger partial charge in [-0.25, -0.2) is 0 Å². The Kier molecular flexibility index (Phi) is 4.34. The Bertz CT molecular complexity index is 805. The molecular weight excluding hydrogens is 304 g/mol. The molecule has 0 atom stereocenters. The second-order valence-electron chi connectivity index (χ2n) is 5.83. The minimum absolute atomic E-state index is 0.0474. The number of non-ortho nitro benzene ring substituents is 1. The Labute approximate surface area is 140 Å². The molecule has 1 heterocycles. The number of para-hydroxylation sites is 1. The summed E-state index contributed by atoms with van der Waals surface area (Å²) in [4.78, 5) is 14.9. The molecule has 2 aromatic carbocycles. The van der Waals surface area contributed by atoms with Crippen molar-refractivity contribution in [2.24, 2.45) is 0 Å². The van der Waals surface area contributed by atoms with Crippen molar-refractivity contribution in [3.63, 3.8) is 0 Å². The molecule has 0 aliphatic carbocycles. The third-order valence-corrected chi connectivity index (χ3v) is 4.39. The summed E-state index contributed by atoms with van der Waals surface area (Å²) in [5, 5.41) is 20.2. The van der Waals surface area contributed by atoms with Gasteiger partial charge in [-0.15, -0.1) is 0 Å². The number of aryl methyl sites for hydroxylation is 1. The van der Waals surface area contributed by atoms with Crippen LogP contribution >= 0.6 is 0 Å². The lowest BCUT2D eigenvalue weighted by atomic mass is 10.1. The molecule has 1 fully saturated rings. The molecule has 2 aromatic rings. The van der Waals surface area contributed by atoms with Crippen LogP contribution in [0.25, 0.3) is 0 Å². The number of benzene rings is 2. The van der Waals surface area contributed by atoms with Crippen molar-refractivity contribution < 1.29 is 4.92 Å². The van der Waals surface area contributed by atoms with Gasteiger partial charge in [0.25, 0.3) is 5.69 Å². The Balaban J connectivity index is 1.77. The number of hydrogen-bond donors (Lipinski definition) is 0. The third-order valence-electron chi connectivity index (χ3n) is 4.39. The maximum Gasteiger partial charge on any atom is 0.270 e. The maximum atomic E-state index is 10.9. The lowest BCUT2D eigenvalue weighted by Gasteiger charge is -2.38. The predicted octanol–water partition coefficient (Wildman–Crippen LogP) is 3.10. The number of anilines is 2. The summed E-state index contributed by atoms with van der Waals surface area (Å²) in [5.41, 5.74) is 3.57. The van der Waals surface area contributed by atoms with E-state index in [2.05, 4.69) is 34.9 Å². The van der Waals surface area contributed by atoms with Crippen LogP contribution in [0, 0.1) is 28.4 Å². The lowest BCUT2D eigenvalue weighted by Crippen LogP contribution is -2.47. The van der Waals surface area contributed by atoms with E-state index in [4.69, 9.17) is 0 Å². The average Bonchev–Trinajstić information content (AvgIpc) is 2.62. The van der Waals surface area contributed by atoms with Gasteiger partial charge < -0.3 is 9.80 Å². The van der Waals surface area contributed by atoms with Crippen LogP contribution in [0.1, 0.15) is 11.1 Å². The highest BCUT2D eigenvalue weighted by molar-refractivity contribution is 5.64. The zero-order chi connectivity index (χ0) is 17.1. The number of hydrogen-bond acceptors (Lipinski definition) is 5. The molecule has 6 heteroatoms. The maximum absolute atomic E-state index is 10.9. The molecule has 0 spiro atoms. The van der Waals surface area contributed by atoms with E-state index in [0.29, 0.717) is 5.56 Å². The van der Waals surface area contributed by atoms with Crippen LogP contribution in [0.2, 0.25) is 0 Å². The van der Waals surface area contributed by atoms with E-state index >= 15 is 0 Å². The summed E-state index contributed by atoms with van der Waals surface area (Å²) in [6.45, 7) is 5.37. The highest BCUT2D eigenvalue weighted by Gasteiger charge is 2.21. The summed E-state index contributed by atoms with van der Waals surface area (Å²) in [6.07, 6.45) is 0. The molecule has 0 N–H and O–H groups in total. The fourth-order valence-electron chi connectivity index (χ4n) is 3.11. The molecule has 1 aliphatic rings. The molecule has 6 nitrogen and oxygen atoms in total. The van der Waals surface area contributed by atoms with E-state index in [-0.39, 0.29) is 5.69 Å². The first-order valence-electron chi connectivity index (χ1n) is 7.84. The third kappa shape index (κ3) is 3.01. The average molecular weight is 322 g/mol. The van der Waals surface area contributed by atoms with Gasteiger partial charge in [-0.1, -0.05) is 18.2 Å². The molecule has 122 valence electrons. The number of nitro benzene ring substituents is 1. The van der Waals surface area contributed by atoms with Gasteiger partial charge in [0, 0.05) is 44.0 Å². The Morgan fingerprint density at radius 2 is 1.67 bits per heavy atom. The van der Waals surface area contributed by atoms with Crippen LogP contribution in [0.15, 0.2) is 42.5 Å². The summed E-state index contributed by atoms with van der Waals surface area (Å²) in [5.74, 6) is 0. The molecule has 0 bridgehead atoms. The zero-order valence-corrected chi connectivity index (χ0v) is 13.5. The Morgan fingerprint density at radius 3 is 2.25 bits per heavy atom. The van der Waals surface area contributed by atoms with E-state index < -0.39 is 4.92 Å². The Morgan fingerprint density at radius 1 is 1.04 bits per heavy atom. The molecule has 3 rings (SSSR count). The van der Waals surface area contributed by atoms with Gasteiger partial charge >= 0.3 is 0 Å². The predicted molar refractivity (Wildman–Crippen MR) is 93.4 cm³/mol.